The van der Waals surface area contributed by atoms with Crippen molar-refractivity contribution in [3.05, 3.63) is 29.8 Å². The lowest BCUT2D eigenvalue weighted by atomic mass is 10.2. The SMILES string of the molecule is COc1cccc(CNCCS(N)(=O)=O)c1. The van der Waals surface area contributed by atoms with E-state index in [9.17, 15) is 8.42 Å². The highest BCUT2D eigenvalue weighted by atomic mass is 32.2. The molecule has 0 bridgehead atoms. The smallest absolute Gasteiger partial charge is 0.210 e. The molecule has 0 aliphatic carbocycles. The highest BCUT2D eigenvalue weighted by Crippen LogP contribution is 2.11. The van der Waals surface area contributed by atoms with E-state index >= 15 is 0 Å². The number of primary sulfonamides is 1. The number of benzene rings is 1. The van der Waals surface area contributed by atoms with Crippen molar-refractivity contribution in [3.63, 3.8) is 0 Å². The largest absolute Gasteiger partial charge is 0.497 e. The quantitative estimate of drug-likeness (QED) is 0.694. The summed E-state index contributed by atoms with van der Waals surface area (Å²) in [6.45, 7) is 0.933. The molecule has 1 aromatic carbocycles. The molecule has 0 aliphatic heterocycles. The molecule has 0 spiro atoms. The maximum absolute atomic E-state index is 10.7. The van der Waals surface area contributed by atoms with Gasteiger partial charge in [0, 0.05) is 13.1 Å². The van der Waals surface area contributed by atoms with Gasteiger partial charge in [0.15, 0.2) is 0 Å². The molecule has 0 amide bonds. The summed E-state index contributed by atoms with van der Waals surface area (Å²) < 4.78 is 26.4. The molecule has 3 N–H and O–H groups in total. The Balaban J connectivity index is 2.37. The molecule has 0 unspecified atom stereocenters. The zero-order chi connectivity index (χ0) is 12.0. The Labute approximate surface area is 95.7 Å². The maximum atomic E-state index is 10.7. The predicted molar refractivity (Wildman–Crippen MR) is 62.7 cm³/mol. The molecule has 16 heavy (non-hydrogen) atoms. The second kappa shape index (κ2) is 5.83. The van der Waals surface area contributed by atoms with Gasteiger partial charge in [-0.1, -0.05) is 12.1 Å². The molecule has 0 fully saturated rings. The van der Waals surface area contributed by atoms with E-state index in [0.29, 0.717) is 13.1 Å². The van der Waals surface area contributed by atoms with Gasteiger partial charge in [-0.3, -0.25) is 0 Å². The second-order valence-corrected chi connectivity index (χ2v) is 5.13. The van der Waals surface area contributed by atoms with Gasteiger partial charge in [-0.15, -0.1) is 0 Å². The van der Waals surface area contributed by atoms with Crippen molar-refractivity contribution in [2.24, 2.45) is 5.14 Å². The third kappa shape index (κ3) is 5.11. The van der Waals surface area contributed by atoms with Crippen molar-refractivity contribution >= 4 is 10.0 Å². The molecule has 6 heteroatoms. The van der Waals surface area contributed by atoms with Crippen LogP contribution in [0.5, 0.6) is 5.75 Å². The van der Waals surface area contributed by atoms with Crippen LogP contribution in [0, 0.1) is 0 Å². The maximum Gasteiger partial charge on any atom is 0.210 e. The first-order valence-electron chi connectivity index (χ1n) is 4.85. The van der Waals surface area contributed by atoms with Crippen LogP contribution >= 0.6 is 0 Å². The number of sulfonamides is 1. The number of nitrogens with two attached hydrogens (primary N) is 1. The minimum atomic E-state index is -3.38. The van der Waals surface area contributed by atoms with E-state index in [1.54, 1.807) is 7.11 Å². The average molecular weight is 244 g/mol. The van der Waals surface area contributed by atoms with Crippen molar-refractivity contribution in [2.75, 3.05) is 19.4 Å². The number of ether oxygens (including phenoxy) is 1. The third-order valence-electron chi connectivity index (χ3n) is 2.03. The summed E-state index contributed by atoms with van der Waals surface area (Å²) in [4.78, 5) is 0. The van der Waals surface area contributed by atoms with Crippen LogP contribution in [0.25, 0.3) is 0 Å². The Morgan fingerprint density at radius 1 is 1.44 bits per heavy atom. The molecule has 5 nitrogen and oxygen atoms in total. The first-order valence-corrected chi connectivity index (χ1v) is 6.57. The first-order chi connectivity index (χ1) is 7.51. The fourth-order valence-electron chi connectivity index (χ4n) is 1.23. The van der Waals surface area contributed by atoms with E-state index in [2.05, 4.69) is 5.32 Å². The molecule has 0 aromatic heterocycles. The predicted octanol–water partition coefficient (Wildman–Crippen LogP) is 0.0733. The van der Waals surface area contributed by atoms with Gasteiger partial charge >= 0.3 is 0 Å². The number of methoxy groups -OCH3 is 1. The molecule has 1 rings (SSSR count). The van der Waals surface area contributed by atoms with Crippen molar-refractivity contribution in [2.45, 2.75) is 6.54 Å². The van der Waals surface area contributed by atoms with Gasteiger partial charge in [-0.05, 0) is 17.7 Å². The fraction of sp³-hybridized carbons (Fsp3) is 0.400. The van der Waals surface area contributed by atoms with Crippen molar-refractivity contribution in [3.8, 4) is 5.75 Å². The molecule has 1 aromatic rings. The first kappa shape index (κ1) is 13.0. The summed E-state index contributed by atoms with van der Waals surface area (Å²) in [5.41, 5.74) is 1.04. The number of hydrogen-bond acceptors (Lipinski definition) is 4. The Morgan fingerprint density at radius 3 is 2.81 bits per heavy atom. The molecule has 0 aliphatic rings. The summed E-state index contributed by atoms with van der Waals surface area (Å²) >= 11 is 0. The minimum absolute atomic E-state index is 0.0586. The third-order valence-corrected chi connectivity index (χ3v) is 2.80. The summed E-state index contributed by atoms with van der Waals surface area (Å²) in [5.74, 6) is 0.725. The Bertz CT molecular complexity index is 431. The Morgan fingerprint density at radius 2 is 2.19 bits per heavy atom. The lowest BCUT2D eigenvalue weighted by molar-refractivity contribution is 0.414. The molecule has 90 valence electrons. The lowest BCUT2D eigenvalue weighted by Crippen LogP contribution is -2.26. The van der Waals surface area contributed by atoms with Crippen LogP contribution in [0.3, 0.4) is 0 Å². The lowest BCUT2D eigenvalue weighted by Gasteiger charge is -2.05. The van der Waals surface area contributed by atoms with Crippen molar-refractivity contribution < 1.29 is 13.2 Å². The van der Waals surface area contributed by atoms with E-state index in [-0.39, 0.29) is 5.75 Å². The monoisotopic (exact) mass is 244 g/mol. The zero-order valence-corrected chi connectivity index (χ0v) is 9.96. The Kier molecular flexibility index (Phi) is 4.72. The molecule has 0 atom stereocenters. The van der Waals surface area contributed by atoms with E-state index < -0.39 is 10.0 Å². The number of nitrogens with one attached hydrogen (secondary N) is 1. The van der Waals surface area contributed by atoms with Crippen molar-refractivity contribution in [1.82, 2.24) is 5.32 Å². The summed E-state index contributed by atoms with van der Waals surface area (Å²) in [5, 5.41) is 7.87. The molecular formula is C10H16N2O3S. The minimum Gasteiger partial charge on any atom is -0.497 e. The highest BCUT2D eigenvalue weighted by molar-refractivity contribution is 7.89. The molecular weight excluding hydrogens is 228 g/mol. The van der Waals surface area contributed by atoms with Crippen LogP contribution in [-0.2, 0) is 16.6 Å². The molecule has 0 radical (unpaired) electrons. The average Bonchev–Trinajstić information content (AvgIpc) is 2.23. The van der Waals surface area contributed by atoms with Gasteiger partial charge in [0.2, 0.25) is 10.0 Å². The van der Waals surface area contributed by atoms with Crippen LogP contribution in [0.4, 0.5) is 0 Å². The van der Waals surface area contributed by atoms with Crippen LogP contribution in [0.1, 0.15) is 5.56 Å². The highest BCUT2D eigenvalue weighted by Gasteiger charge is 2.01. The number of hydrogen-bond donors (Lipinski definition) is 2. The zero-order valence-electron chi connectivity index (χ0n) is 9.14. The van der Waals surface area contributed by atoms with E-state index in [1.807, 2.05) is 24.3 Å². The summed E-state index contributed by atoms with van der Waals surface area (Å²) in [6, 6.07) is 7.57. The van der Waals surface area contributed by atoms with E-state index in [4.69, 9.17) is 9.88 Å². The van der Waals surface area contributed by atoms with Gasteiger partial charge in [0.25, 0.3) is 0 Å². The number of rotatable bonds is 6. The topological polar surface area (TPSA) is 81.4 Å². The van der Waals surface area contributed by atoms with Gasteiger partial charge in [0.1, 0.15) is 5.75 Å². The van der Waals surface area contributed by atoms with Crippen LogP contribution in [0.15, 0.2) is 24.3 Å². The van der Waals surface area contributed by atoms with E-state index in [1.165, 1.54) is 0 Å². The van der Waals surface area contributed by atoms with Gasteiger partial charge in [-0.25, -0.2) is 13.6 Å². The molecule has 0 saturated heterocycles. The van der Waals surface area contributed by atoms with E-state index in [0.717, 1.165) is 11.3 Å². The Hall–Kier alpha value is -1.11. The van der Waals surface area contributed by atoms with Crippen LogP contribution in [0.2, 0.25) is 0 Å². The fourth-order valence-corrected chi connectivity index (χ4v) is 1.66. The standard InChI is InChI=1S/C10H16N2O3S/c1-15-10-4-2-3-9(7-10)8-12-5-6-16(11,13)14/h2-4,7,12H,5-6,8H2,1H3,(H2,11,13,14). The van der Waals surface area contributed by atoms with Gasteiger partial charge in [0.05, 0.1) is 12.9 Å². The van der Waals surface area contributed by atoms with Gasteiger partial charge in [-0.2, -0.15) is 0 Å². The molecule has 0 saturated carbocycles. The van der Waals surface area contributed by atoms with Crippen molar-refractivity contribution in [1.29, 1.82) is 0 Å². The normalized spacial score (nSPS) is 11.4. The summed E-state index contributed by atoms with van der Waals surface area (Å²) in [7, 11) is -1.77. The van der Waals surface area contributed by atoms with Gasteiger partial charge < -0.3 is 10.1 Å². The second-order valence-electron chi connectivity index (χ2n) is 3.40. The molecule has 0 heterocycles. The van der Waals surface area contributed by atoms with Crippen LogP contribution in [-0.4, -0.2) is 27.8 Å². The summed E-state index contributed by atoms with van der Waals surface area (Å²) in [6.07, 6.45) is 0. The van der Waals surface area contributed by atoms with Crippen LogP contribution < -0.4 is 15.2 Å².